The van der Waals surface area contributed by atoms with Crippen molar-refractivity contribution in [3.05, 3.63) is 134 Å². The van der Waals surface area contributed by atoms with Crippen molar-refractivity contribution >= 4 is 19.8 Å². The first-order valence-electron chi connectivity index (χ1n) is 23.0. The molecule has 0 rings (SSSR count). The summed E-state index contributed by atoms with van der Waals surface area (Å²) in [4.78, 5) is 37.6. The van der Waals surface area contributed by atoms with E-state index in [2.05, 4.69) is 98.9 Å². The van der Waals surface area contributed by atoms with Crippen molar-refractivity contribution in [3.8, 4) is 0 Å². The molecule has 3 atom stereocenters. The number of hydrogen-bond donors (Lipinski definition) is 1. The van der Waals surface area contributed by atoms with E-state index in [0.717, 1.165) is 51.4 Å². The highest BCUT2D eigenvalue weighted by Gasteiger charge is 2.21. The Balaban J connectivity index is 4.70. The van der Waals surface area contributed by atoms with E-state index in [9.17, 15) is 24.2 Å². The molecule has 0 amide bonds. The molecular weight excluding hydrogens is 814 g/mol. The summed E-state index contributed by atoms with van der Waals surface area (Å²) in [6.07, 6.45) is 56.7. The zero-order chi connectivity index (χ0) is 46.5. The Bertz CT molecular complexity index is 1540. The number of quaternary nitrogens is 1. The van der Waals surface area contributed by atoms with E-state index in [0.29, 0.717) is 30.3 Å². The highest BCUT2D eigenvalue weighted by Crippen LogP contribution is 2.38. The van der Waals surface area contributed by atoms with E-state index in [1.54, 1.807) is 24.3 Å². The fourth-order valence-electron chi connectivity index (χ4n) is 5.16. The van der Waals surface area contributed by atoms with Crippen molar-refractivity contribution in [2.45, 2.75) is 135 Å². The molecule has 0 aromatic heterocycles. The van der Waals surface area contributed by atoms with Crippen molar-refractivity contribution < 1.29 is 47.2 Å². The molecule has 354 valence electrons. The van der Waals surface area contributed by atoms with E-state index in [4.69, 9.17) is 18.5 Å². The monoisotopic (exact) mass is 896 g/mol. The molecule has 11 heteroatoms. The summed E-state index contributed by atoms with van der Waals surface area (Å²) in [5.41, 5.74) is 0. The van der Waals surface area contributed by atoms with Crippen LogP contribution in [-0.2, 0) is 32.7 Å². The number of aliphatic hydroxyl groups excluding tert-OH is 1. The average Bonchev–Trinajstić information content (AvgIpc) is 3.23. The predicted octanol–water partition coefficient (Wildman–Crippen LogP) is 11.8. The van der Waals surface area contributed by atoms with Gasteiger partial charge < -0.3 is 33.0 Å². The normalized spacial score (nSPS) is 15.2. The van der Waals surface area contributed by atoms with E-state index in [1.807, 2.05) is 45.4 Å². The number of esters is 2. The smallest absolute Gasteiger partial charge is 0.306 e. The number of ether oxygens (including phenoxy) is 2. The molecule has 0 aliphatic rings. The lowest BCUT2D eigenvalue weighted by molar-refractivity contribution is -0.870. The van der Waals surface area contributed by atoms with Gasteiger partial charge in [-0.3, -0.25) is 14.2 Å². The third-order valence-corrected chi connectivity index (χ3v) is 9.73. The molecule has 0 aliphatic carbocycles. The lowest BCUT2D eigenvalue weighted by atomic mass is 10.2. The number of carbonyl (C=O) groups is 2. The maximum Gasteiger partial charge on any atom is 0.306 e. The van der Waals surface area contributed by atoms with Crippen LogP contribution in [0.5, 0.6) is 0 Å². The van der Waals surface area contributed by atoms with Crippen LogP contribution in [0.1, 0.15) is 123 Å². The van der Waals surface area contributed by atoms with Gasteiger partial charge in [0.2, 0.25) is 0 Å². The Kier molecular flexibility index (Phi) is 39.5. The molecule has 1 N–H and O–H groups in total. The number of phosphoric acid groups is 1. The van der Waals surface area contributed by atoms with Crippen LogP contribution in [0, 0.1) is 0 Å². The standard InChI is InChI=1S/C52H82NO9P/c1-6-8-10-12-14-16-18-20-21-22-23-24-25-27-29-31-33-35-39-43-51(55)59-47-50(48-61-63(57,58)60-46-45-53(3,4)5)62-52(56)44-40-36-38-42-49(54)41-37-34-32-30-28-26-19-17-15-13-11-9-7-2/h9,11,14-17,20-21,23-24,26-29,32-38,41,49-50,54H,6-8,10,12-13,18-19,22,25,30-31,39-40,42-48H2,1-5H3/b11-9-,16-14-,17-15-,21-20-,24-23-,28-26-,29-27-,34-32-,35-33-,38-36-,41-37-/t49?,50-/m1/s1. The number of likely N-dealkylation sites (N-methyl/N-ethyl adjacent to an activating group) is 1. The van der Waals surface area contributed by atoms with Gasteiger partial charge in [0.25, 0.3) is 7.82 Å². The van der Waals surface area contributed by atoms with Crippen LogP contribution in [0.2, 0.25) is 0 Å². The Hall–Kier alpha value is -3.89. The number of unbranched alkanes of at least 4 members (excludes halogenated alkanes) is 3. The summed E-state index contributed by atoms with van der Waals surface area (Å²) in [7, 11) is 0.992. The van der Waals surface area contributed by atoms with Gasteiger partial charge in [0.1, 0.15) is 19.8 Å². The second kappa shape index (κ2) is 42.1. The molecule has 0 aromatic carbocycles. The molecule has 0 bridgehead atoms. The third-order valence-electron chi connectivity index (χ3n) is 8.76. The topological polar surface area (TPSA) is 131 Å². The molecule has 0 saturated carbocycles. The molecule has 10 nitrogen and oxygen atoms in total. The van der Waals surface area contributed by atoms with Crippen molar-refractivity contribution in [3.63, 3.8) is 0 Å². The minimum absolute atomic E-state index is 0.00585. The number of aliphatic hydroxyl groups is 1. The van der Waals surface area contributed by atoms with Gasteiger partial charge in [-0.15, -0.1) is 0 Å². The third kappa shape index (κ3) is 45.9. The van der Waals surface area contributed by atoms with Crippen LogP contribution in [0.4, 0.5) is 0 Å². The summed E-state index contributed by atoms with van der Waals surface area (Å²) in [6, 6.07) is 0. The van der Waals surface area contributed by atoms with Crippen LogP contribution in [-0.4, -0.2) is 81.2 Å². The van der Waals surface area contributed by atoms with Crippen molar-refractivity contribution in [1.82, 2.24) is 0 Å². The van der Waals surface area contributed by atoms with Crippen molar-refractivity contribution in [2.24, 2.45) is 0 Å². The fourth-order valence-corrected chi connectivity index (χ4v) is 5.89. The van der Waals surface area contributed by atoms with E-state index >= 15 is 0 Å². The molecular formula is C52H82NO9P. The SMILES string of the molecule is CC/C=C\C/C=C\C/C=C\C/C=C\C=C/C(O)C/C=C\CCC(=O)O[C@H](COC(=O)CC/C=C\C/C=C\C/C=C\C/C=C\C/C=C\CCCCC)COP(=O)([O-])OCC[N+](C)(C)C. The molecule has 0 heterocycles. The number of rotatable bonds is 39. The van der Waals surface area contributed by atoms with Gasteiger partial charge >= 0.3 is 11.9 Å². The second-order valence-corrected chi connectivity index (χ2v) is 17.3. The Morgan fingerprint density at radius 3 is 1.63 bits per heavy atom. The first-order valence-corrected chi connectivity index (χ1v) is 24.5. The van der Waals surface area contributed by atoms with Gasteiger partial charge in [-0.25, -0.2) is 0 Å². The summed E-state index contributed by atoms with van der Waals surface area (Å²) >= 11 is 0. The number of phosphoric ester groups is 1. The lowest BCUT2D eigenvalue weighted by Gasteiger charge is -2.28. The molecule has 0 spiro atoms. The zero-order valence-corrected chi connectivity index (χ0v) is 40.2. The number of hydrogen-bond acceptors (Lipinski definition) is 9. The van der Waals surface area contributed by atoms with Crippen molar-refractivity contribution in [2.75, 3.05) is 47.5 Å². The highest BCUT2D eigenvalue weighted by molar-refractivity contribution is 7.45. The van der Waals surface area contributed by atoms with Gasteiger partial charge in [0, 0.05) is 12.8 Å². The van der Waals surface area contributed by atoms with Gasteiger partial charge in [-0.05, 0) is 83.5 Å². The fraction of sp³-hybridized carbons (Fsp3) is 0.538. The van der Waals surface area contributed by atoms with E-state index in [-0.39, 0.29) is 26.1 Å². The first kappa shape index (κ1) is 59.1. The van der Waals surface area contributed by atoms with Gasteiger partial charge in [-0.2, -0.15) is 0 Å². The van der Waals surface area contributed by atoms with Gasteiger partial charge in [0.15, 0.2) is 6.10 Å². The van der Waals surface area contributed by atoms with Crippen LogP contribution in [0.25, 0.3) is 0 Å². The second-order valence-electron chi connectivity index (χ2n) is 15.9. The van der Waals surface area contributed by atoms with Crippen LogP contribution in [0.15, 0.2) is 134 Å². The van der Waals surface area contributed by atoms with E-state index in [1.165, 1.54) is 25.7 Å². The molecule has 0 fully saturated rings. The molecule has 0 saturated heterocycles. The first-order chi connectivity index (χ1) is 30.4. The minimum Gasteiger partial charge on any atom is -0.756 e. The Morgan fingerprint density at radius 2 is 1.10 bits per heavy atom. The quantitative estimate of drug-likeness (QED) is 0.0160. The van der Waals surface area contributed by atoms with Crippen LogP contribution >= 0.6 is 7.82 Å². The number of carbonyl (C=O) groups excluding carboxylic acids is 2. The largest absolute Gasteiger partial charge is 0.756 e. The van der Waals surface area contributed by atoms with Crippen molar-refractivity contribution in [1.29, 1.82) is 0 Å². The van der Waals surface area contributed by atoms with Crippen LogP contribution in [0.3, 0.4) is 0 Å². The zero-order valence-electron chi connectivity index (χ0n) is 39.3. The highest BCUT2D eigenvalue weighted by atomic mass is 31.2. The lowest BCUT2D eigenvalue weighted by Crippen LogP contribution is -2.37. The van der Waals surface area contributed by atoms with Gasteiger partial charge in [0.05, 0.1) is 33.9 Å². The molecule has 0 aromatic rings. The van der Waals surface area contributed by atoms with Crippen LogP contribution < -0.4 is 4.89 Å². The predicted molar refractivity (Wildman–Crippen MR) is 260 cm³/mol. The minimum atomic E-state index is -4.70. The summed E-state index contributed by atoms with van der Waals surface area (Å²) in [5.74, 6) is -1.13. The summed E-state index contributed by atoms with van der Waals surface area (Å²) in [6.45, 7) is 3.75. The Morgan fingerprint density at radius 1 is 0.603 bits per heavy atom. The summed E-state index contributed by atoms with van der Waals surface area (Å²) in [5, 5.41) is 10.2. The maximum absolute atomic E-state index is 12.7. The van der Waals surface area contributed by atoms with E-state index < -0.39 is 38.6 Å². The average molecular weight is 896 g/mol. The Labute approximate surface area is 382 Å². The molecule has 0 radical (unpaired) electrons. The molecule has 63 heavy (non-hydrogen) atoms. The van der Waals surface area contributed by atoms with Gasteiger partial charge in [-0.1, -0.05) is 160 Å². The number of allylic oxidation sites excluding steroid dienone is 20. The number of nitrogens with zero attached hydrogens (tertiary/aromatic N) is 1. The molecule has 0 aliphatic heterocycles. The summed E-state index contributed by atoms with van der Waals surface area (Å²) < 4.78 is 33.7. The maximum atomic E-state index is 12.7. The molecule has 2 unspecified atom stereocenters.